The number of hydrogen-bond donors (Lipinski definition) is 2. The lowest BCUT2D eigenvalue weighted by atomic mass is 10.2. The van der Waals surface area contributed by atoms with Crippen LogP contribution in [0.5, 0.6) is 0 Å². The summed E-state index contributed by atoms with van der Waals surface area (Å²) in [7, 11) is -4.00. The predicted molar refractivity (Wildman–Crippen MR) is 109 cm³/mol. The Bertz CT molecular complexity index is 1160. The number of halogens is 1. The fraction of sp³-hybridized carbons (Fsp3) is 0.200. The van der Waals surface area contributed by atoms with Crippen molar-refractivity contribution in [2.45, 2.75) is 31.7 Å². The molecule has 0 radical (unpaired) electrons. The van der Waals surface area contributed by atoms with Crippen LogP contribution in [0.2, 0.25) is 0 Å². The van der Waals surface area contributed by atoms with E-state index in [-0.39, 0.29) is 22.2 Å². The van der Waals surface area contributed by atoms with Crippen molar-refractivity contribution in [3.8, 4) is 0 Å². The first-order chi connectivity index (χ1) is 13.7. The zero-order valence-electron chi connectivity index (χ0n) is 16.2. The third-order valence-electron chi connectivity index (χ3n) is 4.23. The van der Waals surface area contributed by atoms with E-state index in [0.717, 1.165) is 6.07 Å². The monoisotopic (exact) mass is 416 g/mol. The minimum Gasteiger partial charge on any atom is -0.307 e. The van der Waals surface area contributed by atoms with Crippen LogP contribution in [0.3, 0.4) is 0 Å². The average Bonchev–Trinajstić information content (AvgIpc) is 3.12. The highest BCUT2D eigenvalue weighted by atomic mass is 32.2. The van der Waals surface area contributed by atoms with Gasteiger partial charge in [0.15, 0.2) is 0 Å². The van der Waals surface area contributed by atoms with Gasteiger partial charge in [0, 0.05) is 23.4 Å². The number of hydrogen-bond acceptors (Lipinski definition) is 4. The van der Waals surface area contributed by atoms with Gasteiger partial charge in [-0.25, -0.2) is 17.5 Å². The summed E-state index contributed by atoms with van der Waals surface area (Å²) in [6.07, 6.45) is 1.58. The number of sulfonamides is 1. The van der Waals surface area contributed by atoms with Gasteiger partial charge in [-0.15, -0.1) is 0 Å². The van der Waals surface area contributed by atoms with E-state index in [2.05, 4.69) is 15.1 Å². The maximum atomic E-state index is 13.7. The van der Waals surface area contributed by atoms with Gasteiger partial charge in [-0.05, 0) is 56.7 Å². The molecule has 2 aromatic carbocycles. The van der Waals surface area contributed by atoms with Gasteiger partial charge < -0.3 is 5.32 Å². The van der Waals surface area contributed by atoms with Crippen molar-refractivity contribution in [2.75, 3.05) is 10.0 Å². The molecular weight excluding hydrogens is 395 g/mol. The number of amides is 1. The molecule has 3 rings (SSSR count). The van der Waals surface area contributed by atoms with Gasteiger partial charge in [-0.2, -0.15) is 5.10 Å². The Morgan fingerprint density at radius 3 is 2.59 bits per heavy atom. The van der Waals surface area contributed by atoms with Gasteiger partial charge in [0.1, 0.15) is 11.6 Å². The summed E-state index contributed by atoms with van der Waals surface area (Å²) >= 11 is 0. The Morgan fingerprint density at radius 2 is 1.90 bits per heavy atom. The Labute approximate surface area is 168 Å². The van der Waals surface area contributed by atoms with Gasteiger partial charge in [0.05, 0.1) is 11.1 Å². The first kappa shape index (κ1) is 20.5. The van der Waals surface area contributed by atoms with E-state index in [1.165, 1.54) is 24.3 Å². The first-order valence-electron chi connectivity index (χ1n) is 8.91. The Balaban J connectivity index is 1.81. The van der Waals surface area contributed by atoms with Gasteiger partial charge in [-0.3, -0.25) is 9.52 Å². The van der Waals surface area contributed by atoms with Gasteiger partial charge in [0.2, 0.25) is 0 Å². The van der Waals surface area contributed by atoms with Crippen molar-refractivity contribution >= 4 is 27.4 Å². The smallest absolute Gasteiger partial charge is 0.261 e. The van der Waals surface area contributed by atoms with Gasteiger partial charge >= 0.3 is 0 Å². The van der Waals surface area contributed by atoms with Crippen molar-refractivity contribution in [3.63, 3.8) is 0 Å². The number of nitrogens with zero attached hydrogens (tertiary/aromatic N) is 2. The van der Waals surface area contributed by atoms with Crippen LogP contribution in [0.1, 0.15) is 35.8 Å². The zero-order chi connectivity index (χ0) is 21.2. The molecule has 3 aromatic rings. The minimum absolute atomic E-state index is 0.0633. The number of aryl methyl sites for hydroxylation is 1. The third-order valence-corrected chi connectivity index (χ3v) is 5.61. The Kier molecular flexibility index (Phi) is 5.69. The molecule has 7 nitrogen and oxygen atoms in total. The maximum Gasteiger partial charge on any atom is 0.261 e. The number of anilines is 2. The number of carbonyl (C=O) groups excluding carboxylic acids is 1. The Hall–Kier alpha value is -3.20. The van der Waals surface area contributed by atoms with Crippen LogP contribution in [0.25, 0.3) is 0 Å². The number of benzene rings is 2. The number of aromatic nitrogens is 2. The van der Waals surface area contributed by atoms with E-state index in [1.54, 1.807) is 36.0 Å². The first-order valence-corrected chi connectivity index (χ1v) is 10.4. The van der Waals surface area contributed by atoms with Crippen LogP contribution in [0, 0.1) is 12.7 Å². The SMILES string of the molecule is Cc1ccc(S(=O)(=O)Nc2cccc(C(=O)Nc3ccnn3C(C)C)c2)cc1F. The molecule has 0 aliphatic rings. The molecule has 1 amide bonds. The molecule has 0 saturated heterocycles. The van der Waals surface area contributed by atoms with Crippen molar-refractivity contribution in [1.82, 2.24) is 9.78 Å². The number of rotatable bonds is 6. The van der Waals surface area contributed by atoms with Crippen LogP contribution in [-0.4, -0.2) is 24.1 Å². The summed E-state index contributed by atoms with van der Waals surface area (Å²) in [5.74, 6) is -0.483. The molecule has 0 fully saturated rings. The molecule has 0 bridgehead atoms. The van der Waals surface area contributed by atoms with E-state index in [9.17, 15) is 17.6 Å². The van der Waals surface area contributed by atoms with Crippen LogP contribution in [0.15, 0.2) is 59.6 Å². The lowest BCUT2D eigenvalue weighted by Gasteiger charge is -2.13. The van der Waals surface area contributed by atoms with Crippen LogP contribution < -0.4 is 10.0 Å². The molecule has 0 spiro atoms. The van der Waals surface area contributed by atoms with Crippen LogP contribution in [0.4, 0.5) is 15.9 Å². The highest BCUT2D eigenvalue weighted by Crippen LogP contribution is 2.20. The van der Waals surface area contributed by atoms with Crippen molar-refractivity contribution in [3.05, 3.63) is 71.7 Å². The summed E-state index contributed by atoms with van der Waals surface area (Å²) in [5, 5.41) is 6.91. The van der Waals surface area contributed by atoms with E-state index in [1.807, 2.05) is 13.8 Å². The lowest BCUT2D eigenvalue weighted by Crippen LogP contribution is -2.17. The second-order valence-electron chi connectivity index (χ2n) is 6.81. The Morgan fingerprint density at radius 1 is 1.14 bits per heavy atom. The molecule has 0 atom stereocenters. The summed E-state index contributed by atoms with van der Waals surface area (Å²) < 4.78 is 42.8. The molecule has 9 heteroatoms. The van der Waals surface area contributed by atoms with Crippen LogP contribution in [-0.2, 0) is 10.0 Å². The molecular formula is C20H21FN4O3S. The fourth-order valence-corrected chi connectivity index (χ4v) is 3.75. The molecule has 1 heterocycles. The summed E-state index contributed by atoms with van der Waals surface area (Å²) in [5.41, 5.74) is 0.802. The number of carbonyl (C=O) groups is 1. The summed E-state index contributed by atoms with van der Waals surface area (Å²) in [6.45, 7) is 5.42. The summed E-state index contributed by atoms with van der Waals surface area (Å²) in [4.78, 5) is 12.4. The maximum absolute atomic E-state index is 13.7. The average molecular weight is 416 g/mol. The zero-order valence-corrected chi connectivity index (χ0v) is 17.0. The fourth-order valence-electron chi connectivity index (χ4n) is 2.69. The molecule has 1 aromatic heterocycles. The normalized spacial score (nSPS) is 11.5. The lowest BCUT2D eigenvalue weighted by molar-refractivity contribution is 0.102. The van der Waals surface area contributed by atoms with Crippen molar-refractivity contribution in [2.24, 2.45) is 0 Å². The molecule has 0 saturated carbocycles. The van der Waals surface area contributed by atoms with Gasteiger partial charge in [0.25, 0.3) is 15.9 Å². The van der Waals surface area contributed by atoms with E-state index in [0.29, 0.717) is 11.4 Å². The second-order valence-corrected chi connectivity index (χ2v) is 8.49. The topological polar surface area (TPSA) is 93.1 Å². The number of nitrogens with one attached hydrogen (secondary N) is 2. The largest absolute Gasteiger partial charge is 0.307 e. The minimum atomic E-state index is -4.00. The summed E-state index contributed by atoms with van der Waals surface area (Å²) in [6, 6.07) is 11.5. The van der Waals surface area contributed by atoms with Gasteiger partial charge in [-0.1, -0.05) is 12.1 Å². The standard InChI is InChI=1S/C20H21FN4O3S/c1-13(2)25-19(9-10-22-25)23-20(26)15-5-4-6-16(11-15)24-29(27,28)17-8-7-14(3)18(21)12-17/h4-13,24H,1-3H3,(H,23,26). The molecule has 0 aliphatic carbocycles. The van der Waals surface area contributed by atoms with E-state index >= 15 is 0 Å². The quantitative estimate of drug-likeness (QED) is 0.636. The molecule has 29 heavy (non-hydrogen) atoms. The molecule has 2 N–H and O–H groups in total. The highest BCUT2D eigenvalue weighted by Gasteiger charge is 2.17. The molecule has 0 aliphatic heterocycles. The highest BCUT2D eigenvalue weighted by molar-refractivity contribution is 7.92. The van der Waals surface area contributed by atoms with E-state index in [4.69, 9.17) is 0 Å². The van der Waals surface area contributed by atoms with Crippen molar-refractivity contribution < 1.29 is 17.6 Å². The van der Waals surface area contributed by atoms with E-state index < -0.39 is 21.7 Å². The van der Waals surface area contributed by atoms with Crippen LogP contribution >= 0.6 is 0 Å². The third kappa shape index (κ3) is 4.62. The second kappa shape index (κ2) is 8.04. The van der Waals surface area contributed by atoms with Crippen molar-refractivity contribution in [1.29, 1.82) is 0 Å². The molecule has 152 valence electrons. The predicted octanol–water partition coefficient (Wildman–Crippen LogP) is 3.96. The molecule has 0 unspecified atom stereocenters.